The Morgan fingerprint density at radius 1 is 1.26 bits per heavy atom. The first-order valence-corrected chi connectivity index (χ1v) is 9.03. The Morgan fingerprint density at radius 3 is 2.70 bits per heavy atom. The predicted octanol–water partition coefficient (Wildman–Crippen LogP) is 3.58. The van der Waals surface area contributed by atoms with Gasteiger partial charge in [0.2, 0.25) is 0 Å². The van der Waals surface area contributed by atoms with Gasteiger partial charge in [0.25, 0.3) is 0 Å². The van der Waals surface area contributed by atoms with Gasteiger partial charge in [-0.25, -0.2) is 4.98 Å². The molecule has 0 saturated carbocycles. The molecule has 3 saturated heterocycles. The van der Waals surface area contributed by atoms with E-state index in [0.29, 0.717) is 12.1 Å². The van der Waals surface area contributed by atoms with Crippen molar-refractivity contribution >= 4 is 17.2 Å². The largest absolute Gasteiger partial charge is 0.365 e. The molecule has 3 aliphatic rings. The van der Waals surface area contributed by atoms with Crippen LogP contribution in [0.15, 0.2) is 30.5 Å². The van der Waals surface area contributed by atoms with Crippen LogP contribution in [0.1, 0.15) is 24.6 Å². The van der Waals surface area contributed by atoms with E-state index in [1.165, 1.54) is 37.3 Å². The lowest BCUT2D eigenvalue weighted by molar-refractivity contribution is 0.0457. The van der Waals surface area contributed by atoms with Crippen LogP contribution < -0.4 is 5.32 Å². The number of nitriles is 1. The molecule has 4 nitrogen and oxygen atoms in total. The smallest absolute Gasteiger partial charge is 0.126 e. The van der Waals surface area contributed by atoms with E-state index < -0.39 is 0 Å². The van der Waals surface area contributed by atoms with Gasteiger partial charge < -0.3 is 5.32 Å². The molecule has 0 unspecified atom stereocenters. The predicted molar refractivity (Wildman–Crippen MR) is 93.4 cm³/mol. The zero-order valence-electron chi connectivity index (χ0n) is 13.2. The highest BCUT2D eigenvalue weighted by atomic mass is 32.1. The van der Waals surface area contributed by atoms with Gasteiger partial charge in [0, 0.05) is 28.7 Å². The second-order valence-corrected chi connectivity index (χ2v) is 7.58. The van der Waals surface area contributed by atoms with Crippen molar-refractivity contribution in [3.63, 3.8) is 0 Å². The molecule has 0 aromatic carbocycles. The Bertz CT molecular complexity index is 720. The topological polar surface area (TPSA) is 52.0 Å². The summed E-state index contributed by atoms with van der Waals surface area (Å²) in [6.45, 7) is 4.82. The number of hydrogen-bond donors (Lipinski definition) is 1. The van der Waals surface area contributed by atoms with Crippen LogP contribution in [0.3, 0.4) is 0 Å². The molecular weight excluding hydrogens is 304 g/mol. The van der Waals surface area contributed by atoms with Crippen molar-refractivity contribution in [1.82, 2.24) is 9.88 Å². The number of nitrogens with zero attached hydrogens (tertiary/aromatic N) is 3. The first kappa shape index (κ1) is 14.7. The van der Waals surface area contributed by atoms with Gasteiger partial charge in [-0.3, -0.25) is 4.90 Å². The van der Waals surface area contributed by atoms with Crippen LogP contribution in [0.5, 0.6) is 0 Å². The van der Waals surface area contributed by atoms with Crippen LogP contribution in [-0.2, 0) is 0 Å². The molecule has 118 valence electrons. The summed E-state index contributed by atoms with van der Waals surface area (Å²) in [5.41, 5.74) is 1.07. The number of fused-ring (bicyclic) bond motifs is 3. The van der Waals surface area contributed by atoms with Crippen LogP contribution >= 0.6 is 11.3 Å². The van der Waals surface area contributed by atoms with Gasteiger partial charge in [-0.15, -0.1) is 11.3 Å². The molecule has 3 aliphatic heterocycles. The molecule has 5 heteroatoms. The van der Waals surface area contributed by atoms with Crippen LogP contribution in [0, 0.1) is 17.2 Å². The van der Waals surface area contributed by atoms with Crippen LogP contribution in [0.25, 0.3) is 10.4 Å². The summed E-state index contributed by atoms with van der Waals surface area (Å²) in [7, 11) is 0. The Kier molecular flexibility index (Phi) is 3.80. The van der Waals surface area contributed by atoms with Crippen molar-refractivity contribution < 1.29 is 0 Å². The lowest BCUT2D eigenvalue weighted by Crippen LogP contribution is -2.59. The van der Waals surface area contributed by atoms with Gasteiger partial charge in [0.1, 0.15) is 16.8 Å². The fourth-order valence-corrected chi connectivity index (χ4v) is 4.69. The number of hydrogen-bond acceptors (Lipinski definition) is 5. The van der Waals surface area contributed by atoms with E-state index in [4.69, 9.17) is 5.26 Å². The molecule has 0 spiro atoms. The number of aromatic nitrogens is 1. The second-order valence-electron chi connectivity index (χ2n) is 6.49. The van der Waals surface area contributed by atoms with Crippen LogP contribution in [-0.4, -0.2) is 35.1 Å². The fraction of sp³-hybridized carbons (Fsp3) is 0.444. The molecule has 2 aromatic rings. The van der Waals surface area contributed by atoms with E-state index in [0.717, 1.165) is 27.1 Å². The summed E-state index contributed by atoms with van der Waals surface area (Å²) in [6.07, 6.45) is 4.50. The highest BCUT2D eigenvalue weighted by molar-refractivity contribution is 7.16. The van der Waals surface area contributed by atoms with Crippen molar-refractivity contribution in [2.24, 2.45) is 5.92 Å². The molecule has 23 heavy (non-hydrogen) atoms. The quantitative estimate of drug-likeness (QED) is 0.937. The number of rotatable bonds is 3. The molecular formula is C18H20N4S. The molecule has 2 aromatic heterocycles. The zero-order chi connectivity index (χ0) is 15.8. The Labute approximate surface area is 140 Å². The Balaban J connectivity index is 1.49. The highest BCUT2D eigenvalue weighted by Crippen LogP contribution is 2.34. The number of piperidine rings is 3. The number of thiophene rings is 1. The average Bonchev–Trinajstić information content (AvgIpc) is 3.08. The van der Waals surface area contributed by atoms with Gasteiger partial charge in [0.15, 0.2) is 0 Å². The van der Waals surface area contributed by atoms with E-state index in [9.17, 15) is 0 Å². The van der Waals surface area contributed by atoms with E-state index in [1.54, 1.807) is 0 Å². The van der Waals surface area contributed by atoms with Gasteiger partial charge in [-0.05, 0) is 63.0 Å². The number of anilines is 1. The van der Waals surface area contributed by atoms with E-state index in [2.05, 4.69) is 40.3 Å². The van der Waals surface area contributed by atoms with Crippen LogP contribution in [0.2, 0.25) is 0 Å². The molecule has 0 amide bonds. The lowest BCUT2D eigenvalue weighted by atomic mass is 9.79. The van der Waals surface area contributed by atoms with Gasteiger partial charge in [-0.1, -0.05) is 0 Å². The summed E-state index contributed by atoms with van der Waals surface area (Å²) < 4.78 is 0. The monoisotopic (exact) mass is 324 g/mol. The normalized spacial score (nSPS) is 29.2. The van der Waals surface area contributed by atoms with Gasteiger partial charge >= 0.3 is 0 Å². The molecule has 3 fully saturated rings. The third kappa shape index (κ3) is 2.73. The molecule has 0 aliphatic carbocycles. The van der Waals surface area contributed by atoms with E-state index in [1.807, 2.05) is 18.3 Å². The van der Waals surface area contributed by atoms with Gasteiger partial charge in [-0.2, -0.15) is 5.26 Å². The SMILES string of the molecule is C[C@@H]1[C@@H](Nc2ccc(-c3ccc(C#N)s3)cn2)C2CCN1CC2. The highest BCUT2D eigenvalue weighted by Gasteiger charge is 2.39. The summed E-state index contributed by atoms with van der Waals surface area (Å²) >= 11 is 1.51. The molecule has 0 radical (unpaired) electrons. The molecule has 5 heterocycles. The van der Waals surface area contributed by atoms with E-state index in [-0.39, 0.29) is 0 Å². The second kappa shape index (κ2) is 5.95. The number of nitrogens with one attached hydrogen (secondary N) is 1. The maximum absolute atomic E-state index is 8.93. The van der Waals surface area contributed by atoms with Gasteiger partial charge in [0.05, 0.1) is 0 Å². The van der Waals surface area contributed by atoms with Crippen molar-refractivity contribution in [2.75, 3.05) is 18.4 Å². The third-order valence-electron chi connectivity index (χ3n) is 5.26. The Hall–Kier alpha value is -1.90. The maximum atomic E-state index is 8.93. The standard InChI is InChI=1S/C18H20N4S/c1-12-18(13-6-8-22(12)9-7-13)21-17-5-2-14(11-20-17)16-4-3-15(10-19)23-16/h2-5,11-13,18H,6-9H2,1H3,(H,20,21)/t12-,18-/m1/s1. The first-order valence-electron chi connectivity index (χ1n) is 8.21. The summed E-state index contributed by atoms with van der Waals surface area (Å²) in [6, 6.07) is 11.3. The summed E-state index contributed by atoms with van der Waals surface area (Å²) in [5.74, 6) is 1.73. The van der Waals surface area contributed by atoms with Crippen molar-refractivity contribution in [3.05, 3.63) is 35.3 Å². The van der Waals surface area contributed by atoms with E-state index >= 15 is 0 Å². The summed E-state index contributed by atoms with van der Waals surface area (Å²) in [5, 5.41) is 12.6. The molecule has 2 atom stereocenters. The maximum Gasteiger partial charge on any atom is 0.126 e. The number of pyridine rings is 1. The molecule has 1 N–H and O–H groups in total. The third-order valence-corrected chi connectivity index (χ3v) is 6.30. The zero-order valence-corrected chi connectivity index (χ0v) is 14.0. The van der Waals surface area contributed by atoms with Crippen molar-refractivity contribution in [2.45, 2.75) is 31.8 Å². The fourth-order valence-electron chi connectivity index (χ4n) is 3.89. The minimum absolute atomic E-state index is 0.503. The first-order chi connectivity index (χ1) is 11.2. The molecule has 5 rings (SSSR count). The minimum atomic E-state index is 0.503. The van der Waals surface area contributed by atoms with Crippen molar-refractivity contribution in [1.29, 1.82) is 5.26 Å². The average molecular weight is 324 g/mol. The molecule has 2 bridgehead atoms. The summed E-state index contributed by atoms with van der Waals surface area (Å²) in [4.78, 5) is 9.01. The Morgan fingerprint density at radius 2 is 2.09 bits per heavy atom. The minimum Gasteiger partial charge on any atom is -0.365 e. The van der Waals surface area contributed by atoms with Crippen molar-refractivity contribution in [3.8, 4) is 16.5 Å². The van der Waals surface area contributed by atoms with Crippen LogP contribution in [0.4, 0.5) is 5.82 Å². The lowest BCUT2D eigenvalue weighted by Gasteiger charge is -2.50.